The zero-order valence-corrected chi connectivity index (χ0v) is 24.6. The van der Waals surface area contributed by atoms with Gasteiger partial charge in [0, 0.05) is 47.6 Å². The van der Waals surface area contributed by atoms with E-state index in [9.17, 15) is 14.4 Å². The number of allylic oxidation sites excluding steroid dienone is 2. The number of ether oxygens (including phenoxy) is 2. The minimum Gasteiger partial charge on any atom is -0.460 e. The quantitative estimate of drug-likeness (QED) is 0.298. The molecule has 0 unspecified atom stereocenters. The molecule has 1 aromatic carbocycles. The second-order valence-electron chi connectivity index (χ2n) is 11.2. The molecule has 1 radical (unpaired) electrons. The topological polar surface area (TPSA) is 98.2 Å². The first-order chi connectivity index (χ1) is 17.7. The molecule has 213 valence electrons. The number of hydrogen-bond donors (Lipinski definition) is 0. The van der Waals surface area contributed by atoms with E-state index in [0.29, 0.717) is 30.1 Å². The fourth-order valence-corrected chi connectivity index (χ4v) is 3.93. The Morgan fingerprint density at radius 2 is 1.51 bits per heavy atom. The Morgan fingerprint density at radius 1 is 0.923 bits per heavy atom. The molecule has 0 aliphatic heterocycles. The predicted molar refractivity (Wildman–Crippen MR) is 148 cm³/mol. The van der Waals surface area contributed by atoms with E-state index in [4.69, 9.17) is 14.5 Å². The van der Waals surface area contributed by atoms with Crippen LogP contribution in [-0.2, 0) is 36.1 Å². The molecule has 39 heavy (non-hydrogen) atoms. The van der Waals surface area contributed by atoms with Gasteiger partial charge in [-0.3, -0.25) is 19.4 Å². The summed E-state index contributed by atoms with van der Waals surface area (Å²) < 4.78 is 10.9. The van der Waals surface area contributed by atoms with Crippen molar-refractivity contribution in [3.05, 3.63) is 65.5 Å². The first kappa shape index (κ1) is 31.9. The van der Waals surface area contributed by atoms with Crippen LogP contribution in [0.5, 0.6) is 0 Å². The molecule has 0 bridgehead atoms. The second-order valence-corrected chi connectivity index (χ2v) is 11.2. The SMILES string of the molecule is Cc1cc(N(CCC(=O)OC(C)(C)C)CCC(=O)OC(C)(C)C)ccc1N=C1C=CC(=O)c2ncccc21.[Cu]. The van der Waals surface area contributed by atoms with Gasteiger partial charge in [0.2, 0.25) is 5.78 Å². The van der Waals surface area contributed by atoms with Crippen LogP contribution in [0.4, 0.5) is 11.4 Å². The number of carbonyl (C=O) groups excluding carboxylic acids is 3. The molecule has 9 heteroatoms. The van der Waals surface area contributed by atoms with E-state index < -0.39 is 11.2 Å². The molecule has 8 nitrogen and oxygen atoms in total. The van der Waals surface area contributed by atoms with Crippen LogP contribution in [0.1, 0.15) is 76.0 Å². The number of ketones is 1. The van der Waals surface area contributed by atoms with Gasteiger partial charge in [-0.2, -0.15) is 0 Å². The molecule has 1 aliphatic carbocycles. The summed E-state index contributed by atoms with van der Waals surface area (Å²) in [6.07, 6.45) is 5.13. The minimum atomic E-state index is -0.567. The summed E-state index contributed by atoms with van der Waals surface area (Å²) in [5.41, 5.74) is 3.12. The smallest absolute Gasteiger partial charge is 0.308 e. The van der Waals surface area contributed by atoms with Gasteiger partial charge in [0.15, 0.2) is 0 Å². The maximum Gasteiger partial charge on any atom is 0.308 e. The standard InChI is InChI=1S/C30H37N3O5.Cu/c1-20-19-21(10-11-23(20)32-24-12-13-25(34)28-22(24)9-8-16-31-28)33(17-14-26(35)37-29(2,3)4)18-15-27(36)38-30(5,6)7;/h8-13,16,19H,14-15,17-18H2,1-7H3;. The summed E-state index contributed by atoms with van der Waals surface area (Å²) in [7, 11) is 0. The number of fused-ring (bicyclic) bond motifs is 1. The Hall–Kier alpha value is -3.29. The molecule has 0 amide bonds. The molecule has 0 saturated heterocycles. The molecule has 0 spiro atoms. The zero-order chi connectivity index (χ0) is 28.1. The molecule has 0 fully saturated rings. The fourth-order valence-electron chi connectivity index (χ4n) is 3.93. The van der Waals surface area contributed by atoms with E-state index in [1.54, 1.807) is 18.3 Å². The van der Waals surface area contributed by atoms with Crippen molar-refractivity contribution in [1.82, 2.24) is 4.98 Å². The van der Waals surface area contributed by atoms with Crippen molar-refractivity contribution in [3.8, 4) is 0 Å². The van der Waals surface area contributed by atoms with E-state index in [0.717, 1.165) is 16.9 Å². The van der Waals surface area contributed by atoms with Gasteiger partial charge in [-0.05, 0) is 96.5 Å². The molecule has 1 heterocycles. The number of rotatable bonds is 8. The van der Waals surface area contributed by atoms with Crippen LogP contribution in [0.25, 0.3) is 0 Å². The Balaban J connectivity index is 0.00000533. The zero-order valence-electron chi connectivity index (χ0n) is 23.6. The Bertz CT molecular complexity index is 1240. The summed E-state index contributed by atoms with van der Waals surface area (Å²) in [6, 6.07) is 9.40. The molecule has 0 atom stereocenters. The van der Waals surface area contributed by atoms with Gasteiger partial charge in [-0.25, -0.2) is 4.99 Å². The second kappa shape index (κ2) is 13.2. The van der Waals surface area contributed by atoms with Crippen LogP contribution >= 0.6 is 0 Å². The van der Waals surface area contributed by atoms with E-state index in [2.05, 4.69) is 4.98 Å². The molecular weight excluding hydrogens is 546 g/mol. The van der Waals surface area contributed by atoms with Crippen LogP contribution in [0.2, 0.25) is 0 Å². The van der Waals surface area contributed by atoms with Crippen LogP contribution < -0.4 is 4.90 Å². The monoisotopic (exact) mass is 582 g/mol. The maximum absolute atomic E-state index is 12.4. The number of aryl methyl sites for hydroxylation is 1. The number of nitrogens with zero attached hydrogens (tertiary/aromatic N) is 3. The number of pyridine rings is 1. The third-order valence-electron chi connectivity index (χ3n) is 5.51. The van der Waals surface area contributed by atoms with Crippen LogP contribution in [0.15, 0.2) is 53.7 Å². The predicted octanol–water partition coefficient (Wildman–Crippen LogP) is 5.53. The Kier molecular flexibility index (Phi) is 10.8. The van der Waals surface area contributed by atoms with Crippen molar-refractivity contribution in [2.75, 3.05) is 18.0 Å². The summed E-state index contributed by atoms with van der Waals surface area (Å²) in [6.45, 7) is 13.7. The minimum absolute atomic E-state index is 0. The number of anilines is 1. The number of hydrogen-bond acceptors (Lipinski definition) is 8. The first-order valence-electron chi connectivity index (χ1n) is 12.8. The van der Waals surface area contributed by atoms with Crippen LogP contribution in [-0.4, -0.2) is 52.7 Å². The van der Waals surface area contributed by atoms with E-state index in [-0.39, 0.29) is 47.6 Å². The van der Waals surface area contributed by atoms with Crippen LogP contribution in [0.3, 0.4) is 0 Å². The Labute approximate surface area is 241 Å². The molecular formula is C30H37CuN3O5. The third kappa shape index (κ3) is 9.75. The number of benzene rings is 1. The van der Waals surface area contributed by atoms with Gasteiger partial charge in [0.05, 0.1) is 24.2 Å². The average Bonchev–Trinajstić information content (AvgIpc) is 2.80. The average molecular weight is 583 g/mol. The van der Waals surface area contributed by atoms with Crippen molar-refractivity contribution in [1.29, 1.82) is 0 Å². The van der Waals surface area contributed by atoms with Gasteiger partial charge in [0.25, 0.3) is 0 Å². The van der Waals surface area contributed by atoms with Crippen molar-refractivity contribution in [2.45, 2.75) is 72.5 Å². The van der Waals surface area contributed by atoms with Crippen LogP contribution in [0, 0.1) is 6.92 Å². The molecule has 1 aliphatic rings. The molecule has 0 N–H and O–H groups in total. The van der Waals surface area contributed by atoms with E-state index in [1.165, 1.54) is 6.08 Å². The Morgan fingerprint density at radius 3 is 2.05 bits per heavy atom. The number of carbonyl (C=O) groups is 3. The molecule has 3 rings (SSSR count). The van der Waals surface area contributed by atoms with E-state index >= 15 is 0 Å². The number of esters is 2. The van der Waals surface area contributed by atoms with Crippen molar-refractivity contribution >= 4 is 34.8 Å². The first-order valence-corrected chi connectivity index (χ1v) is 12.8. The van der Waals surface area contributed by atoms with Gasteiger partial charge < -0.3 is 14.4 Å². The van der Waals surface area contributed by atoms with Gasteiger partial charge >= 0.3 is 11.9 Å². The summed E-state index contributed by atoms with van der Waals surface area (Å²) in [5, 5.41) is 0. The van der Waals surface area contributed by atoms with E-state index in [1.807, 2.05) is 77.6 Å². The fraction of sp³-hybridized carbons (Fsp3) is 0.433. The molecule has 1 aromatic heterocycles. The van der Waals surface area contributed by atoms with Crippen molar-refractivity contribution < 1.29 is 40.9 Å². The molecule has 0 saturated carbocycles. The van der Waals surface area contributed by atoms with Gasteiger partial charge in [0.1, 0.15) is 16.9 Å². The molecule has 2 aromatic rings. The van der Waals surface area contributed by atoms with Crippen molar-refractivity contribution in [3.63, 3.8) is 0 Å². The third-order valence-corrected chi connectivity index (χ3v) is 5.51. The summed E-state index contributed by atoms with van der Waals surface area (Å²) in [4.78, 5) is 47.9. The normalized spacial score (nSPS) is 13.9. The van der Waals surface area contributed by atoms with Gasteiger partial charge in [-0.15, -0.1) is 0 Å². The maximum atomic E-state index is 12.4. The summed E-state index contributed by atoms with van der Waals surface area (Å²) in [5.74, 6) is -0.743. The largest absolute Gasteiger partial charge is 0.460 e. The summed E-state index contributed by atoms with van der Waals surface area (Å²) >= 11 is 0. The number of aromatic nitrogens is 1. The number of aliphatic imine (C=N–C) groups is 1. The van der Waals surface area contributed by atoms with Crippen molar-refractivity contribution in [2.24, 2.45) is 4.99 Å². The van der Waals surface area contributed by atoms with Gasteiger partial charge in [-0.1, -0.05) is 0 Å².